The van der Waals surface area contributed by atoms with Crippen molar-refractivity contribution in [2.24, 2.45) is 0 Å². The Kier molecular flexibility index (Phi) is 5.35. The maximum absolute atomic E-state index is 12.1. The van der Waals surface area contributed by atoms with E-state index >= 15 is 0 Å². The SMILES string of the molecule is O=C(Nc1c(C(=O)O)cnn1-c1ccc(C(=O)O)cc1)OCc1ccccc1. The number of anilines is 1. The molecule has 9 nitrogen and oxygen atoms in total. The molecule has 1 amide bonds. The Hall–Kier alpha value is -4.14. The van der Waals surface area contributed by atoms with Gasteiger partial charge in [-0.05, 0) is 29.8 Å². The first-order valence-corrected chi connectivity index (χ1v) is 8.08. The molecular formula is C19H15N3O6. The van der Waals surface area contributed by atoms with E-state index in [0.717, 1.165) is 11.8 Å². The number of benzene rings is 2. The zero-order valence-electron chi connectivity index (χ0n) is 14.4. The van der Waals surface area contributed by atoms with Crippen LogP contribution in [-0.4, -0.2) is 38.0 Å². The van der Waals surface area contributed by atoms with Crippen LogP contribution >= 0.6 is 0 Å². The number of ether oxygens (including phenoxy) is 1. The number of aromatic nitrogens is 2. The average molecular weight is 381 g/mol. The molecule has 0 spiro atoms. The van der Waals surface area contributed by atoms with Crippen molar-refractivity contribution in [2.75, 3.05) is 5.32 Å². The lowest BCUT2D eigenvalue weighted by atomic mass is 10.2. The molecule has 0 fully saturated rings. The van der Waals surface area contributed by atoms with Gasteiger partial charge in [-0.2, -0.15) is 5.10 Å². The van der Waals surface area contributed by atoms with Gasteiger partial charge in [-0.3, -0.25) is 5.32 Å². The molecular weight excluding hydrogens is 366 g/mol. The fourth-order valence-electron chi connectivity index (χ4n) is 2.42. The van der Waals surface area contributed by atoms with E-state index in [1.807, 2.05) is 6.07 Å². The minimum atomic E-state index is -1.29. The molecule has 0 saturated heterocycles. The van der Waals surface area contributed by atoms with E-state index in [9.17, 15) is 19.5 Å². The highest BCUT2D eigenvalue weighted by atomic mass is 16.5. The minimum Gasteiger partial charge on any atom is -0.478 e. The largest absolute Gasteiger partial charge is 0.478 e. The lowest BCUT2D eigenvalue weighted by Crippen LogP contribution is -2.18. The number of carbonyl (C=O) groups excluding carboxylic acids is 1. The summed E-state index contributed by atoms with van der Waals surface area (Å²) in [5.41, 5.74) is 0.967. The molecule has 3 aromatic rings. The van der Waals surface area contributed by atoms with Crippen molar-refractivity contribution in [3.05, 3.63) is 77.5 Å². The summed E-state index contributed by atoms with van der Waals surface area (Å²) in [5.74, 6) is -2.48. The van der Waals surface area contributed by atoms with E-state index in [2.05, 4.69) is 10.4 Å². The number of nitrogens with one attached hydrogen (secondary N) is 1. The molecule has 0 aliphatic heterocycles. The van der Waals surface area contributed by atoms with Crippen LogP contribution in [0.5, 0.6) is 0 Å². The molecule has 0 atom stereocenters. The average Bonchev–Trinajstić information content (AvgIpc) is 3.11. The highest BCUT2D eigenvalue weighted by molar-refractivity contribution is 5.98. The predicted octanol–water partition coefficient (Wildman–Crippen LogP) is 3.02. The fraction of sp³-hybridized carbons (Fsp3) is 0.0526. The fourth-order valence-corrected chi connectivity index (χ4v) is 2.42. The van der Waals surface area contributed by atoms with E-state index in [1.54, 1.807) is 24.3 Å². The zero-order valence-corrected chi connectivity index (χ0v) is 14.4. The molecule has 0 saturated carbocycles. The van der Waals surface area contributed by atoms with Crippen LogP contribution in [0, 0.1) is 0 Å². The van der Waals surface area contributed by atoms with Crippen LogP contribution in [0.4, 0.5) is 10.6 Å². The van der Waals surface area contributed by atoms with Gasteiger partial charge in [0.05, 0.1) is 17.4 Å². The lowest BCUT2D eigenvalue weighted by molar-refractivity contribution is 0.0686. The summed E-state index contributed by atoms with van der Waals surface area (Å²) in [6.45, 7) is 0.0104. The second kappa shape index (κ2) is 8.04. The van der Waals surface area contributed by atoms with E-state index in [4.69, 9.17) is 9.84 Å². The van der Waals surface area contributed by atoms with Crippen molar-refractivity contribution < 1.29 is 29.3 Å². The monoisotopic (exact) mass is 381 g/mol. The third kappa shape index (κ3) is 4.15. The summed E-state index contributed by atoms with van der Waals surface area (Å²) in [6, 6.07) is 14.6. The number of hydrogen-bond acceptors (Lipinski definition) is 5. The van der Waals surface area contributed by atoms with E-state index in [0.29, 0.717) is 5.69 Å². The van der Waals surface area contributed by atoms with Gasteiger partial charge in [-0.15, -0.1) is 0 Å². The highest BCUT2D eigenvalue weighted by Crippen LogP contribution is 2.21. The summed E-state index contributed by atoms with van der Waals surface area (Å²) in [5, 5.41) is 24.7. The van der Waals surface area contributed by atoms with Crippen LogP contribution in [0.2, 0.25) is 0 Å². The second-order valence-electron chi connectivity index (χ2n) is 5.66. The maximum Gasteiger partial charge on any atom is 0.413 e. The molecule has 1 heterocycles. The molecule has 2 aromatic carbocycles. The van der Waals surface area contributed by atoms with E-state index < -0.39 is 18.0 Å². The standard InChI is InChI=1S/C19H15N3O6/c23-17(24)13-6-8-14(9-7-13)22-16(15(10-20-22)18(25)26)21-19(27)28-11-12-4-2-1-3-5-12/h1-10H,11H2,(H,21,27)(H,23,24)(H,25,26). The third-order valence-electron chi connectivity index (χ3n) is 3.79. The van der Waals surface area contributed by atoms with Gasteiger partial charge in [0, 0.05) is 0 Å². The molecule has 3 N–H and O–H groups in total. The summed E-state index contributed by atoms with van der Waals surface area (Å²) >= 11 is 0. The summed E-state index contributed by atoms with van der Waals surface area (Å²) < 4.78 is 6.30. The summed E-state index contributed by atoms with van der Waals surface area (Å²) in [6.07, 6.45) is 0.232. The number of amides is 1. The first-order chi connectivity index (χ1) is 13.5. The Morgan fingerprint density at radius 2 is 1.64 bits per heavy atom. The van der Waals surface area contributed by atoms with Crippen molar-refractivity contribution in [1.82, 2.24) is 9.78 Å². The summed E-state index contributed by atoms with van der Waals surface area (Å²) in [7, 11) is 0. The van der Waals surface area contributed by atoms with Gasteiger partial charge < -0.3 is 14.9 Å². The molecule has 0 unspecified atom stereocenters. The van der Waals surface area contributed by atoms with Crippen LogP contribution in [0.15, 0.2) is 60.8 Å². The first-order valence-electron chi connectivity index (χ1n) is 8.08. The van der Waals surface area contributed by atoms with Crippen LogP contribution < -0.4 is 5.32 Å². The van der Waals surface area contributed by atoms with Crippen molar-refractivity contribution in [1.29, 1.82) is 0 Å². The van der Waals surface area contributed by atoms with Crippen molar-refractivity contribution in [2.45, 2.75) is 6.61 Å². The first kappa shape index (κ1) is 18.6. The quantitative estimate of drug-likeness (QED) is 0.598. The topological polar surface area (TPSA) is 131 Å². The normalized spacial score (nSPS) is 10.3. The Morgan fingerprint density at radius 1 is 0.964 bits per heavy atom. The Balaban J connectivity index is 1.82. The van der Waals surface area contributed by atoms with E-state index in [-0.39, 0.29) is 23.6 Å². The third-order valence-corrected chi connectivity index (χ3v) is 3.79. The lowest BCUT2D eigenvalue weighted by Gasteiger charge is -2.11. The molecule has 3 rings (SSSR count). The van der Waals surface area contributed by atoms with Gasteiger partial charge in [0.2, 0.25) is 0 Å². The molecule has 28 heavy (non-hydrogen) atoms. The number of carbonyl (C=O) groups is 3. The van der Waals surface area contributed by atoms with Gasteiger partial charge in [0.15, 0.2) is 5.82 Å². The molecule has 0 aliphatic rings. The molecule has 0 radical (unpaired) electrons. The Morgan fingerprint density at radius 3 is 2.25 bits per heavy atom. The maximum atomic E-state index is 12.1. The highest BCUT2D eigenvalue weighted by Gasteiger charge is 2.20. The van der Waals surface area contributed by atoms with Crippen LogP contribution in [0.25, 0.3) is 5.69 Å². The second-order valence-corrected chi connectivity index (χ2v) is 5.66. The molecule has 0 bridgehead atoms. The predicted molar refractivity (Wildman–Crippen MR) is 97.7 cm³/mol. The number of nitrogens with zero attached hydrogens (tertiary/aromatic N) is 2. The summed E-state index contributed by atoms with van der Waals surface area (Å²) in [4.78, 5) is 34.6. The van der Waals surface area contributed by atoms with Crippen molar-refractivity contribution in [3.8, 4) is 5.69 Å². The van der Waals surface area contributed by atoms with Gasteiger partial charge in [0.1, 0.15) is 12.2 Å². The number of rotatable bonds is 6. The van der Waals surface area contributed by atoms with E-state index in [1.165, 1.54) is 28.9 Å². The zero-order chi connectivity index (χ0) is 20.1. The van der Waals surface area contributed by atoms with Gasteiger partial charge in [0.25, 0.3) is 0 Å². The molecule has 0 aliphatic carbocycles. The van der Waals surface area contributed by atoms with Gasteiger partial charge >= 0.3 is 18.0 Å². The molecule has 9 heteroatoms. The number of carboxylic acids is 2. The molecule has 1 aromatic heterocycles. The smallest absolute Gasteiger partial charge is 0.413 e. The Bertz CT molecular complexity index is 1010. The Labute approximate surface area is 158 Å². The minimum absolute atomic E-state index is 0.0104. The van der Waals surface area contributed by atoms with Crippen LogP contribution in [0.3, 0.4) is 0 Å². The van der Waals surface area contributed by atoms with Crippen molar-refractivity contribution in [3.63, 3.8) is 0 Å². The number of hydrogen-bond donors (Lipinski definition) is 3. The number of aromatic carboxylic acids is 2. The van der Waals surface area contributed by atoms with Crippen molar-refractivity contribution >= 4 is 23.8 Å². The van der Waals surface area contributed by atoms with Crippen LogP contribution in [0.1, 0.15) is 26.3 Å². The molecule has 142 valence electrons. The van der Waals surface area contributed by atoms with Crippen LogP contribution in [-0.2, 0) is 11.3 Å². The van der Waals surface area contributed by atoms with Gasteiger partial charge in [-0.25, -0.2) is 19.1 Å². The van der Waals surface area contributed by atoms with Gasteiger partial charge in [-0.1, -0.05) is 30.3 Å². The number of carboxylic acid groups (broad SMARTS) is 2.